The van der Waals surface area contributed by atoms with Crippen LogP contribution in [-0.2, 0) is 10.0 Å². The predicted octanol–water partition coefficient (Wildman–Crippen LogP) is 3.72. The molecule has 146 valence electrons. The van der Waals surface area contributed by atoms with Crippen LogP contribution in [0.5, 0.6) is 17.2 Å². The van der Waals surface area contributed by atoms with Gasteiger partial charge in [-0.25, -0.2) is 0 Å². The summed E-state index contributed by atoms with van der Waals surface area (Å²) in [5, 5.41) is 4.34. The molecular formula is C17H18Cl2N2O5S. The number of methoxy groups -OCH3 is 2. The third kappa shape index (κ3) is 5.18. The third-order valence-electron chi connectivity index (χ3n) is 3.34. The Bertz CT molecular complexity index is 949. The molecule has 0 spiro atoms. The quantitative estimate of drug-likeness (QED) is 0.507. The topological polar surface area (TPSA) is 86.2 Å². The van der Waals surface area contributed by atoms with E-state index in [0.29, 0.717) is 28.7 Å². The van der Waals surface area contributed by atoms with Crippen LogP contribution in [0.4, 0.5) is 0 Å². The van der Waals surface area contributed by atoms with Crippen LogP contribution in [0, 0.1) is 0 Å². The lowest BCUT2D eigenvalue weighted by Gasteiger charge is -2.12. The molecule has 2 rings (SSSR count). The summed E-state index contributed by atoms with van der Waals surface area (Å²) in [5.41, 5.74) is 0.519. The van der Waals surface area contributed by atoms with Crippen molar-refractivity contribution in [3.05, 3.63) is 45.9 Å². The first-order valence-corrected chi connectivity index (χ1v) is 9.95. The van der Waals surface area contributed by atoms with E-state index in [1.165, 1.54) is 38.6 Å². The zero-order valence-electron chi connectivity index (χ0n) is 14.8. The molecule has 0 saturated carbocycles. The van der Waals surface area contributed by atoms with Gasteiger partial charge in [-0.2, -0.15) is 18.4 Å². The Morgan fingerprint density at radius 2 is 1.85 bits per heavy atom. The minimum absolute atomic E-state index is 0.127. The normalized spacial score (nSPS) is 11.4. The predicted molar refractivity (Wildman–Crippen MR) is 105 cm³/mol. The highest BCUT2D eigenvalue weighted by Crippen LogP contribution is 2.36. The molecule has 2 aromatic carbocycles. The fourth-order valence-electron chi connectivity index (χ4n) is 2.20. The maximum atomic E-state index is 12.5. The van der Waals surface area contributed by atoms with Crippen LogP contribution in [0.2, 0.25) is 10.0 Å². The molecule has 0 saturated heterocycles. The van der Waals surface area contributed by atoms with Gasteiger partial charge in [-0.3, -0.25) is 0 Å². The molecule has 0 aliphatic heterocycles. The highest BCUT2D eigenvalue weighted by atomic mass is 35.5. The summed E-state index contributed by atoms with van der Waals surface area (Å²) in [6, 6.07) is 7.46. The van der Waals surface area contributed by atoms with Crippen molar-refractivity contribution >= 4 is 39.4 Å². The molecule has 0 aliphatic carbocycles. The summed E-state index contributed by atoms with van der Waals surface area (Å²) in [4.78, 5) is 1.99. The van der Waals surface area contributed by atoms with Crippen LogP contribution in [0.3, 0.4) is 0 Å². The summed E-state index contributed by atoms with van der Waals surface area (Å²) in [6.07, 6.45) is 1.29. The van der Waals surface area contributed by atoms with Gasteiger partial charge >= 0.3 is 0 Å². The van der Waals surface area contributed by atoms with Gasteiger partial charge in [-0.15, -0.1) is 0 Å². The highest BCUT2D eigenvalue weighted by molar-refractivity contribution is 7.89. The van der Waals surface area contributed by atoms with Crippen molar-refractivity contribution in [2.75, 3.05) is 20.8 Å². The molecule has 0 aromatic heterocycles. The summed E-state index contributed by atoms with van der Waals surface area (Å²) < 4.78 is 40.6. The summed E-state index contributed by atoms with van der Waals surface area (Å²) in [7, 11) is -1.15. The first-order chi connectivity index (χ1) is 12.8. The van der Waals surface area contributed by atoms with E-state index in [1.54, 1.807) is 12.1 Å². The Morgan fingerprint density at radius 1 is 1.11 bits per heavy atom. The number of hydrogen-bond donors (Lipinski definition) is 1. The number of ether oxygens (including phenoxy) is 3. The second kappa shape index (κ2) is 9.16. The average molecular weight is 433 g/mol. The zero-order chi connectivity index (χ0) is 20.0. The lowest BCUT2D eigenvalue weighted by atomic mass is 10.2. The molecule has 0 aliphatic rings. The largest absolute Gasteiger partial charge is 0.495 e. The Hall–Kier alpha value is -2.16. The van der Waals surface area contributed by atoms with Crippen LogP contribution >= 0.6 is 23.2 Å². The van der Waals surface area contributed by atoms with Crippen LogP contribution in [0.15, 0.2) is 40.3 Å². The third-order valence-corrected chi connectivity index (χ3v) is 5.10. The van der Waals surface area contributed by atoms with Gasteiger partial charge in [-0.05, 0) is 42.8 Å². The van der Waals surface area contributed by atoms with Crippen LogP contribution in [-0.4, -0.2) is 35.5 Å². The van der Waals surface area contributed by atoms with E-state index in [9.17, 15) is 8.42 Å². The fourth-order valence-corrected chi connectivity index (χ4v) is 3.72. The van der Waals surface area contributed by atoms with E-state index in [1.807, 2.05) is 6.92 Å². The number of halogens is 2. The Labute approximate surface area is 167 Å². The van der Waals surface area contributed by atoms with Crippen molar-refractivity contribution in [1.82, 2.24) is 4.83 Å². The average Bonchev–Trinajstić information content (AvgIpc) is 2.62. The first kappa shape index (κ1) is 21.1. The van der Waals surface area contributed by atoms with Crippen LogP contribution < -0.4 is 19.0 Å². The Balaban J connectivity index is 2.28. The molecule has 27 heavy (non-hydrogen) atoms. The molecule has 1 N–H and O–H groups in total. The fraction of sp³-hybridized carbons (Fsp3) is 0.235. The maximum Gasteiger partial charge on any atom is 0.280 e. The first-order valence-electron chi connectivity index (χ1n) is 7.71. The Kier molecular flexibility index (Phi) is 7.18. The summed E-state index contributed by atoms with van der Waals surface area (Å²) in [6.45, 7) is 2.23. The van der Waals surface area contributed by atoms with Gasteiger partial charge in [0.15, 0.2) is 11.5 Å². The number of nitrogens with zero attached hydrogens (tertiary/aromatic N) is 1. The summed E-state index contributed by atoms with van der Waals surface area (Å²) >= 11 is 12.0. The van der Waals surface area contributed by atoms with Crippen molar-refractivity contribution in [3.63, 3.8) is 0 Å². The molecule has 7 nitrogen and oxygen atoms in total. The standard InChI is InChI=1S/C17H18Cl2N2O5S/c1-4-26-15-8-11(7-13(19)17(15)25-3)10-20-21-27(22,23)16-9-12(18)5-6-14(16)24-2/h5-10,21H,4H2,1-3H3/b20-10+. The van der Waals surface area contributed by atoms with Crippen LogP contribution in [0.1, 0.15) is 12.5 Å². The number of sulfonamides is 1. The van der Waals surface area contributed by atoms with E-state index in [0.717, 1.165) is 0 Å². The Morgan fingerprint density at radius 3 is 2.48 bits per heavy atom. The molecular weight excluding hydrogens is 415 g/mol. The van der Waals surface area contributed by atoms with E-state index >= 15 is 0 Å². The van der Waals surface area contributed by atoms with Crippen molar-refractivity contribution in [1.29, 1.82) is 0 Å². The van der Waals surface area contributed by atoms with Gasteiger partial charge < -0.3 is 14.2 Å². The number of hydrazone groups is 1. The van der Waals surface area contributed by atoms with Crippen molar-refractivity contribution in [3.8, 4) is 17.2 Å². The lowest BCUT2D eigenvalue weighted by Crippen LogP contribution is -2.19. The number of rotatable bonds is 8. The molecule has 0 bridgehead atoms. The monoisotopic (exact) mass is 432 g/mol. The number of hydrogen-bond acceptors (Lipinski definition) is 6. The highest BCUT2D eigenvalue weighted by Gasteiger charge is 2.19. The van der Waals surface area contributed by atoms with Gasteiger partial charge in [-0.1, -0.05) is 23.2 Å². The van der Waals surface area contributed by atoms with Crippen molar-refractivity contribution < 1.29 is 22.6 Å². The molecule has 0 unspecified atom stereocenters. The van der Waals surface area contributed by atoms with E-state index in [2.05, 4.69) is 9.93 Å². The minimum atomic E-state index is -3.99. The van der Waals surface area contributed by atoms with Gasteiger partial charge in [0.05, 0.1) is 32.1 Å². The zero-order valence-corrected chi connectivity index (χ0v) is 17.2. The smallest absolute Gasteiger partial charge is 0.280 e. The molecule has 10 heteroatoms. The number of benzene rings is 2. The van der Waals surface area contributed by atoms with Gasteiger partial charge in [0.2, 0.25) is 0 Å². The minimum Gasteiger partial charge on any atom is -0.495 e. The van der Waals surface area contributed by atoms with Crippen molar-refractivity contribution in [2.24, 2.45) is 5.10 Å². The molecule has 0 amide bonds. The van der Waals surface area contributed by atoms with Gasteiger partial charge in [0.1, 0.15) is 10.6 Å². The molecule has 0 atom stereocenters. The van der Waals surface area contributed by atoms with E-state index in [4.69, 9.17) is 37.4 Å². The number of nitrogens with one attached hydrogen (secondary N) is 1. The maximum absolute atomic E-state index is 12.5. The SMILES string of the molecule is CCOc1cc(/C=N/NS(=O)(=O)c2cc(Cl)ccc2OC)cc(Cl)c1OC. The molecule has 2 aromatic rings. The van der Waals surface area contributed by atoms with Crippen LogP contribution in [0.25, 0.3) is 0 Å². The summed E-state index contributed by atoms with van der Waals surface area (Å²) in [5.74, 6) is 0.960. The van der Waals surface area contributed by atoms with E-state index < -0.39 is 10.0 Å². The second-order valence-corrected chi connectivity index (χ2v) is 7.59. The lowest BCUT2D eigenvalue weighted by molar-refractivity contribution is 0.311. The molecule has 0 radical (unpaired) electrons. The molecule has 0 fully saturated rings. The molecule has 0 heterocycles. The second-order valence-electron chi connectivity index (χ2n) is 5.12. The van der Waals surface area contributed by atoms with Gasteiger partial charge in [0, 0.05) is 5.02 Å². The van der Waals surface area contributed by atoms with Gasteiger partial charge in [0.25, 0.3) is 10.0 Å². The van der Waals surface area contributed by atoms with Crippen molar-refractivity contribution in [2.45, 2.75) is 11.8 Å². The van der Waals surface area contributed by atoms with E-state index in [-0.39, 0.29) is 15.7 Å².